The van der Waals surface area contributed by atoms with Gasteiger partial charge in [-0.2, -0.15) is 0 Å². The maximum absolute atomic E-state index is 20.1. The number of benzene rings is 9. The molecule has 9 aromatic carbocycles. The van der Waals surface area contributed by atoms with E-state index in [9.17, 15) is 15.3 Å². The van der Waals surface area contributed by atoms with E-state index in [4.69, 9.17) is 12.9 Å². The number of aryl methyl sites for hydroxylation is 9. The van der Waals surface area contributed by atoms with Crippen molar-refractivity contribution in [1.29, 1.82) is 0 Å². The molecule has 0 aliphatic heterocycles. The molecule has 0 saturated carbocycles. The van der Waals surface area contributed by atoms with Crippen LogP contribution in [0.2, 0.25) is 0 Å². The Bertz CT molecular complexity index is 3100. The quantitative estimate of drug-likeness (QED) is 0.0518. The average molecular weight is 1190 g/mol. The van der Waals surface area contributed by atoms with Gasteiger partial charge in [0.15, 0.2) is 0 Å². The van der Waals surface area contributed by atoms with E-state index in [1.807, 2.05) is 54.6 Å². The zero-order valence-electron chi connectivity index (χ0n) is 49.9. The van der Waals surface area contributed by atoms with Gasteiger partial charge in [-0.3, -0.25) is 0 Å². The van der Waals surface area contributed by atoms with Crippen LogP contribution in [0.4, 0.5) is 0 Å². The summed E-state index contributed by atoms with van der Waals surface area (Å²) in [6.45, 7) is 2.97. The first-order chi connectivity index (χ1) is 39.8. The summed E-state index contributed by atoms with van der Waals surface area (Å²) in [5, 5.41) is 41.8. The molecule has 3 N–H and O–H groups in total. The first-order valence-corrected chi connectivity index (χ1v) is 37.6. The maximum atomic E-state index is 20.1. The minimum atomic E-state index is -5.60. The first kappa shape index (κ1) is 61.8. The molecule has 0 radical (unpaired) electrons. The van der Waals surface area contributed by atoms with Crippen LogP contribution in [-0.2, 0) is 17.5 Å². The van der Waals surface area contributed by atoms with Gasteiger partial charge in [-0.05, 0) is 0 Å². The Hall–Kier alpha value is -5.74. The van der Waals surface area contributed by atoms with Crippen molar-refractivity contribution in [1.82, 2.24) is 0 Å². The fraction of sp³-hybridized carbons (Fsp3) is 0.250. The normalized spacial score (nSPS) is 14.3. The SMILES string of the molecule is Cc1cccc(P(CCCO)(OP(=O)(OP(CCCO)(c2cccc(C)c2)(c2cccc(C)c2)c2cccc(C)c2)OP(CCCO)(c2cccc(C)c2)(c2cccc(C)c2)c2cccc(C)c2)(c2cccc(C)c2)c2cccc(C)c2)c1. The third kappa shape index (κ3) is 11.0. The van der Waals surface area contributed by atoms with E-state index in [1.165, 1.54) is 0 Å². The summed E-state index contributed by atoms with van der Waals surface area (Å²) >= 11 is 0. The molecular formula is C72H84O7P4. The number of hydrogen-bond acceptors (Lipinski definition) is 7. The van der Waals surface area contributed by atoms with Crippen LogP contribution in [0.3, 0.4) is 0 Å². The summed E-state index contributed by atoms with van der Waals surface area (Å²) in [6.07, 6.45) is 1.35. The molecule has 0 fully saturated rings. The Morgan fingerprint density at radius 1 is 0.277 bits per heavy atom. The number of rotatable bonds is 24. The second-order valence-corrected chi connectivity index (χ2v) is 39.4. The van der Waals surface area contributed by atoms with Gasteiger partial charge in [0.2, 0.25) is 0 Å². The van der Waals surface area contributed by atoms with Crippen molar-refractivity contribution in [3.8, 4) is 0 Å². The van der Waals surface area contributed by atoms with Crippen molar-refractivity contribution in [2.45, 2.75) is 81.6 Å². The molecule has 434 valence electrons. The molecule has 0 aromatic heterocycles. The van der Waals surface area contributed by atoms with Crippen LogP contribution in [0.15, 0.2) is 218 Å². The fourth-order valence-electron chi connectivity index (χ4n) is 13.2. The Kier molecular flexibility index (Phi) is 18.4. The zero-order chi connectivity index (χ0) is 59.2. The number of aliphatic hydroxyl groups is 3. The van der Waals surface area contributed by atoms with Crippen LogP contribution in [0.25, 0.3) is 0 Å². The van der Waals surface area contributed by atoms with Gasteiger partial charge in [0, 0.05) is 0 Å². The van der Waals surface area contributed by atoms with Crippen LogP contribution in [0.5, 0.6) is 0 Å². The van der Waals surface area contributed by atoms with E-state index < -0.39 is 28.3 Å². The third-order valence-corrected chi connectivity index (χ3v) is 39.6. The van der Waals surface area contributed by atoms with Crippen molar-refractivity contribution in [2.75, 3.05) is 38.3 Å². The predicted molar refractivity (Wildman–Crippen MR) is 359 cm³/mol. The zero-order valence-corrected chi connectivity index (χ0v) is 53.5. The molecule has 0 spiro atoms. The van der Waals surface area contributed by atoms with E-state index >= 15 is 4.57 Å². The molecule has 9 rings (SSSR count). The molecule has 0 aliphatic carbocycles. The molecule has 11 heteroatoms. The molecule has 0 aliphatic rings. The Balaban J connectivity index is 1.65. The van der Waals surface area contributed by atoms with Gasteiger partial charge in [0.05, 0.1) is 0 Å². The van der Waals surface area contributed by atoms with Gasteiger partial charge in [-0.1, -0.05) is 0 Å². The molecule has 9 aromatic rings. The van der Waals surface area contributed by atoms with E-state index in [-0.39, 0.29) is 57.6 Å². The van der Waals surface area contributed by atoms with E-state index in [1.54, 1.807) is 0 Å². The molecule has 0 heterocycles. The summed E-state index contributed by atoms with van der Waals surface area (Å²) in [6, 6.07) is 75.6. The predicted octanol–water partition coefficient (Wildman–Crippen LogP) is 13.4. The molecule has 0 atom stereocenters. The van der Waals surface area contributed by atoms with Crippen molar-refractivity contribution >= 4 is 76.1 Å². The number of hydrogen-bond donors (Lipinski definition) is 3. The standard InChI is InChI=1S/C72H84O7P4/c1-55-22-10-31-64(46-55)81(43-19-40-73,65-32-11-23-56(2)47-65,66-33-12-24-57(3)48-66)77-80(76,78-82(44-20-41-74,67-34-13-25-58(4)49-67,68-35-14-26-59(5)50-68)69-36-15-27-60(6)51-69)79-83(45-21-42-75,70-37-16-28-61(7)52-70,71-38-17-29-62(8)53-71)72-39-18-30-63(9)54-72/h10-18,22-39,46-54,73-75H,19-21,40-45H2,1-9H3. The molecule has 0 amide bonds. The summed E-state index contributed by atoms with van der Waals surface area (Å²) in [7, 11) is -5.60. The van der Waals surface area contributed by atoms with Crippen LogP contribution >= 0.6 is 28.3 Å². The summed E-state index contributed by atoms with van der Waals surface area (Å²) in [5.41, 5.74) is 8.66. The minimum absolute atomic E-state index is 0.200. The summed E-state index contributed by atoms with van der Waals surface area (Å²) in [4.78, 5) is 0. The number of aliphatic hydroxyl groups excluding tert-OH is 3. The molecule has 7 nitrogen and oxygen atoms in total. The third-order valence-electron chi connectivity index (χ3n) is 17.0. The van der Waals surface area contributed by atoms with E-state index in [0.29, 0.717) is 0 Å². The molecule has 0 unspecified atom stereocenters. The van der Waals surface area contributed by atoms with Crippen LogP contribution in [-0.4, -0.2) is 53.6 Å². The average Bonchev–Trinajstić information content (AvgIpc) is 0.887. The van der Waals surface area contributed by atoms with Gasteiger partial charge >= 0.3 is 497 Å². The second kappa shape index (κ2) is 24.7. The van der Waals surface area contributed by atoms with Crippen molar-refractivity contribution in [2.24, 2.45) is 0 Å². The Morgan fingerprint density at radius 3 is 0.542 bits per heavy atom. The van der Waals surface area contributed by atoms with Crippen molar-refractivity contribution < 1.29 is 32.8 Å². The van der Waals surface area contributed by atoms with Crippen LogP contribution in [0, 0.1) is 62.3 Å². The van der Waals surface area contributed by atoms with Crippen LogP contribution < -0.4 is 47.7 Å². The van der Waals surface area contributed by atoms with Gasteiger partial charge < -0.3 is 0 Å². The van der Waals surface area contributed by atoms with Gasteiger partial charge in [-0.25, -0.2) is 0 Å². The van der Waals surface area contributed by atoms with Crippen LogP contribution in [0.1, 0.15) is 69.3 Å². The summed E-state index contributed by atoms with van der Waals surface area (Å²) < 4.78 is 47.0. The fourth-order valence-corrected chi connectivity index (χ4v) is 39.2. The topological polar surface area (TPSA) is 105 Å². The molecule has 0 bridgehead atoms. The van der Waals surface area contributed by atoms with Gasteiger partial charge in [-0.15, -0.1) is 0 Å². The molecular weight excluding hydrogens is 1100 g/mol. The second-order valence-electron chi connectivity index (χ2n) is 23.3. The van der Waals surface area contributed by atoms with Crippen molar-refractivity contribution in [3.63, 3.8) is 0 Å². The monoisotopic (exact) mass is 1180 g/mol. The Morgan fingerprint density at radius 2 is 0.422 bits per heavy atom. The Labute approximate surface area is 494 Å². The molecule has 83 heavy (non-hydrogen) atoms. The van der Waals surface area contributed by atoms with Crippen molar-refractivity contribution in [3.05, 3.63) is 268 Å². The molecule has 0 saturated heterocycles. The van der Waals surface area contributed by atoms with Gasteiger partial charge in [0.1, 0.15) is 0 Å². The van der Waals surface area contributed by atoms with E-state index in [0.717, 1.165) is 97.8 Å². The summed E-state index contributed by atoms with van der Waals surface area (Å²) in [5.74, 6) is 0. The number of phosphoric acid groups is 1. The van der Waals surface area contributed by atoms with E-state index in [2.05, 4.69) is 226 Å². The van der Waals surface area contributed by atoms with Gasteiger partial charge in [0.25, 0.3) is 0 Å². The first-order valence-electron chi connectivity index (χ1n) is 29.1.